The third-order valence-electron chi connectivity index (χ3n) is 7.44. The molecule has 34 heavy (non-hydrogen) atoms. The Morgan fingerprint density at radius 1 is 0.912 bits per heavy atom. The molecule has 1 aromatic carbocycles. The van der Waals surface area contributed by atoms with Crippen molar-refractivity contribution in [3.8, 4) is 0 Å². The van der Waals surface area contributed by atoms with Crippen LogP contribution in [0.1, 0.15) is 99.9 Å². The van der Waals surface area contributed by atoms with Gasteiger partial charge in [-0.3, -0.25) is 14.4 Å². The predicted octanol–water partition coefficient (Wildman–Crippen LogP) is 4.75. The Bertz CT molecular complexity index is 825. The fourth-order valence-electron chi connectivity index (χ4n) is 5.31. The summed E-state index contributed by atoms with van der Waals surface area (Å²) < 4.78 is 0. The lowest BCUT2D eigenvalue weighted by Gasteiger charge is -2.36. The van der Waals surface area contributed by atoms with Crippen LogP contribution in [0.25, 0.3) is 0 Å². The molecule has 1 saturated carbocycles. The van der Waals surface area contributed by atoms with Crippen molar-refractivity contribution in [1.29, 1.82) is 0 Å². The minimum Gasteiger partial charge on any atom is -0.351 e. The Balaban J connectivity index is 1.51. The first-order valence-corrected chi connectivity index (χ1v) is 13.4. The molecular weight excluding hydrogens is 426 g/mol. The van der Waals surface area contributed by atoms with E-state index in [-0.39, 0.29) is 35.7 Å². The second-order valence-electron chi connectivity index (χ2n) is 10.1. The molecule has 0 spiro atoms. The zero-order valence-corrected chi connectivity index (χ0v) is 21.1. The van der Waals surface area contributed by atoms with Gasteiger partial charge in [0.05, 0.1) is 5.92 Å². The fraction of sp³-hybridized carbons (Fsp3) is 0.679. The van der Waals surface area contributed by atoms with Crippen molar-refractivity contribution in [3.05, 3.63) is 35.4 Å². The molecule has 2 fully saturated rings. The van der Waals surface area contributed by atoms with Gasteiger partial charge in [-0.05, 0) is 50.7 Å². The molecule has 1 aliphatic carbocycles. The van der Waals surface area contributed by atoms with E-state index in [1.54, 1.807) is 0 Å². The van der Waals surface area contributed by atoms with Crippen LogP contribution < -0.4 is 10.6 Å². The third kappa shape index (κ3) is 7.57. The van der Waals surface area contributed by atoms with E-state index >= 15 is 0 Å². The number of nitrogens with one attached hydrogen (secondary N) is 2. The van der Waals surface area contributed by atoms with E-state index in [2.05, 4.69) is 17.6 Å². The summed E-state index contributed by atoms with van der Waals surface area (Å²) in [6.07, 6.45) is 11.8. The molecule has 0 bridgehead atoms. The Kier molecular flexibility index (Phi) is 10.4. The fourth-order valence-corrected chi connectivity index (χ4v) is 5.31. The van der Waals surface area contributed by atoms with Crippen LogP contribution in [-0.4, -0.2) is 47.8 Å². The van der Waals surface area contributed by atoms with E-state index in [1.165, 1.54) is 19.3 Å². The highest BCUT2D eigenvalue weighted by molar-refractivity contribution is 5.95. The lowest BCUT2D eigenvalue weighted by molar-refractivity contribution is -0.136. The van der Waals surface area contributed by atoms with Crippen LogP contribution in [0.15, 0.2) is 24.3 Å². The van der Waals surface area contributed by atoms with Gasteiger partial charge in [0, 0.05) is 37.2 Å². The molecule has 0 radical (unpaired) electrons. The first-order chi connectivity index (χ1) is 16.5. The number of aryl methyl sites for hydroxylation is 1. The number of hydrogen-bond donors (Lipinski definition) is 2. The Labute approximate surface area is 205 Å². The van der Waals surface area contributed by atoms with Crippen molar-refractivity contribution >= 4 is 17.7 Å². The number of carbonyl (C=O) groups is 3. The first kappa shape index (κ1) is 26.2. The number of likely N-dealkylation sites (tertiary alicyclic amines) is 1. The van der Waals surface area contributed by atoms with Crippen molar-refractivity contribution in [2.75, 3.05) is 13.1 Å². The second-order valence-corrected chi connectivity index (χ2v) is 10.1. The molecule has 1 heterocycles. The Hall–Kier alpha value is -2.37. The molecule has 3 rings (SSSR count). The standard InChI is InChI=1S/C28H43N3O3/c1-3-4-5-6-7-18-26(32)31-19-12-14-22(20-31)27(33)29-24-16-10-11-17-25(24)30-28(34)23-15-9-8-13-21(23)2/h8-9,13,15,22,24-25H,3-7,10-12,14,16-20H2,1-2H3,(H,29,33)(H,30,34)/t22?,24-,25-/m1/s1. The summed E-state index contributed by atoms with van der Waals surface area (Å²) in [5.74, 6) is -0.0115. The summed E-state index contributed by atoms with van der Waals surface area (Å²) in [7, 11) is 0. The van der Waals surface area contributed by atoms with Crippen LogP contribution in [-0.2, 0) is 9.59 Å². The van der Waals surface area contributed by atoms with E-state index in [1.807, 2.05) is 36.1 Å². The summed E-state index contributed by atoms with van der Waals surface area (Å²) in [6, 6.07) is 7.48. The average molecular weight is 470 g/mol. The van der Waals surface area contributed by atoms with E-state index in [4.69, 9.17) is 0 Å². The number of carbonyl (C=O) groups excluding carboxylic acids is 3. The van der Waals surface area contributed by atoms with Crippen molar-refractivity contribution in [1.82, 2.24) is 15.5 Å². The molecule has 6 heteroatoms. The van der Waals surface area contributed by atoms with Crippen LogP contribution in [0.5, 0.6) is 0 Å². The van der Waals surface area contributed by atoms with E-state index < -0.39 is 0 Å². The van der Waals surface area contributed by atoms with Crippen molar-refractivity contribution in [2.45, 2.75) is 103 Å². The molecule has 3 amide bonds. The highest BCUT2D eigenvalue weighted by Crippen LogP contribution is 2.23. The van der Waals surface area contributed by atoms with Gasteiger partial charge in [-0.25, -0.2) is 0 Å². The largest absolute Gasteiger partial charge is 0.351 e. The number of nitrogens with zero attached hydrogens (tertiary/aromatic N) is 1. The van der Waals surface area contributed by atoms with Crippen molar-refractivity contribution in [2.24, 2.45) is 5.92 Å². The highest BCUT2D eigenvalue weighted by Gasteiger charge is 2.33. The highest BCUT2D eigenvalue weighted by atomic mass is 16.2. The molecule has 1 saturated heterocycles. The van der Waals surface area contributed by atoms with E-state index in [0.29, 0.717) is 18.5 Å². The van der Waals surface area contributed by atoms with Crippen molar-refractivity contribution in [3.63, 3.8) is 0 Å². The Morgan fingerprint density at radius 3 is 2.35 bits per heavy atom. The van der Waals surface area contributed by atoms with Gasteiger partial charge in [-0.1, -0.05) is 63.6 Å². The molecule has 1 aliphatic heterocycles. The van der Waals surface area contributed by atoms with Gasteiger partial charge in [0.15, 0.2) is 0 Å². The maximum absolute atomic E-state index is 13.2. The first-order valence-electron chi connectivity index (χ1n) is 13.4. The van der Waals surface area contributed by atoms with E-state index in [9.17, 15) is 14.4 Å². The van der Waals surface area contributed by atoms with Crippen LogP contribution in [0, 0.1) is 12.8 Å². The van der Waals surface area contributed by atoms with Gasteiger partial charge in [0.1, 0.15) is 0 Å². The minimum atomic E-state index is -0.160. The number of rotatable bonds is 10. The third-order valence-corrected chi connectivity index (χ3v) is 7.44. The molecule has 1 aromatic rings. The number of amides is 3. The number of unbranched alkanes of at least 4 members (excludes halogenated alkanes) is 4. The van der Waals surface area contributed by atoms with Crippen LogP contribution in [0.3, 0.4) is 0 Å². The van der Waals surface area contributed by atoms with Gasteiger partial charge in [0.2, 0.25) is 11.8 Å². The average Bonchev–Trinajstić information content (AvgIpc) is 2.85. The maximum atomic E-state index is 13.2. The summed E-state index contributed by atoms with van der Waals surface area (Å²) in [5.41, 5.74) is 1.64. The normalized spacial score (nSPS) is 22.8. The molecule has 2 N–H and O–H groups in total. The summed E-state index contributed by atoms with van der Waals surface area (Å²) in [6.45, 7) is 5.41. The second kappa shape index (κ2) is 13.5. The zero-order valence-electron chi connectivity index (χ0n) is 21.1. The van der Waals surface area contributed by atoms with Gasteiger partial charge >= 0.3 is 0 Å². The lowest BCUT2D eigenvalue weighted by atomic mass is 9.88. The summed E-state index contributed by atoms with van der Waals surface area (Å²) >= 11 is 0. The van der Waals surface area contributed by atoms with E-state index in [0.717, 1.165) is 63.5 Å². The van der Waals surface area contributed by atoms with Crippen LogP contribution in [0.4, 0.5) is 0 Å². The van der Waals surface area contributed by atoms with Crippen LogP contribution >= 0.6 is 0 Å². The molecule has 188 valence electrons. The zero-order chi connectivity index (χ0) is 24.3. The SMILES string of the molecule is CCCCCCCC(=O)N1CCCC(C(=O)N[C@@H]2CCCC[C@H]2NC(=O)c2ccccc2C)C1. The molecule has 1 unspecified atom stereocenters. The number of piperidine rings is 1. The number of hydrogen-bond acceptors (Lipinski definition) is 3. The quantitative estimate of drug-likeness (QED) is 0.485. The number of benzene rings is 1. The topological polar surface area (TPSA) is 78.5 Å². The van der Waals surface area contributed by atoms with Gasteiger partial charge in [0.25, 0.3) is 5.91 Å². The molecule has 3 atom stereocenters. The molecule has 0 aromatic heterocycles. The Morgan fingerprint density at radius 2 is 1.62 bits per heavy atom. The van der Waals surface area contributed by atoms with Crippen LogP contribution in [0.2, 0.25) is 0 Å². The molecular formula is C28H43N3O3. The molecule has 2 aliphatic rings. The smallest absolute Gasteiger partial charge is 0.251 e. The maximum Gasteiger partial charge on any atom is 0.251 e. The summed E-state index contributed by atoms with van der Waals surface area (Å²) in [5, 5.41) is 6.43. The minimum absolute atomic E-state index is 0.0301. The summed E-state index contributed by atoms with van der Waals surface area (Å²) in [4.78, 5) is 40.6. The van der Waals surface area contributed by atoms with Gasteiger partial charge in [-0.2, -0.15) is 0 Å². The van der Waals surface area contributed by atoms with Crippen molar-refractivity contribution < 1.29 is 14.4 Å². The lowest BCUT2D eigenvalue weighted by Crippen LogP contribution is -2.55. The van der Waals surface area contributed by atoms with Gasteiger partial charge in [-0.15, -0.1) is 0 Å². The molecule has 6 nitrogen and oxygen atoms in total. The van der Waals surface area contributed by atoms with Gasteiger partial charge < -0.3 is 15.5 Å². The predicted molar refractivity (Wildman–Crippen MR) is 136 cm³/mol. The monoisotopic (exact) mass is 469 g/mol.